The molecule has 7 nitrogen and oxygen atoms in total. The third-order valence-electron chi connectivity index (χ3n) is 2.96. The van der Waals surface area contributed by atoms with E-state index < -0.39 is 11.0 Å². The molecule has 1 aromatic carbocycles. The quantitative estimate of drug-likeness (QED) is 0.386. The van der Waals surface area contributed by atoms with Crippen LogP contribution in [0.5, 0.6) is 5.75 Å². The minimum absolute atomic E-state index is 0.0157. The lowest BCUT2D eigenvalue weighted by molar-refractivity contribution is -0.384. The molecule has 0 aliphatic heterocycles. The number of benzene rings is 1. The highest BCUT2D eigenvalue weighted by Gasteiger charge is 2.12. The van der Waals surface area contributed by atoms with Crippen LogP contribution >= 0.6 is 0 Å². The Bertz CT molecular complexity index is 453. The normalized spacial score (nSPS) is 12.1. The molecule has 0 spiro atoms. The van der Waals surface area contributed by atoms with E-state index in [0.29, 0.717) is 37.4 Å². The second kappa shape index (κ2) is 9.28. The second-order valence-corrected chi connectivity index (χ2v) is 4.59. The first-order chi connectivity index (χ1) is 10.1. The average molecular weight is 298 g/mol. The van der Waals surface area contributed by atoms with Crippen molar-refractivity contribution in [1.29, 1.82) is 0 Å². The molecule has 7 heteroatoms. The number of non-ortho nitro benzene ring substituents is 1. The van der Waals surface area contributed by atoms with Crippen LogP contribution in [0.15, 0.2) is 18.2 Å². The fraction of sp³-hybridized carbons (Fsp3) is 0.571. The number of methoxy groups -OCH3 is 1. The number of nitro groups is 1. The minimum atomic E-state index is -0.547. The fourth-order valence-corrected chi connectivity index (χ4v) is 1.66. The minimum Gasteiger partial charge on any atom is -0.491 e. The molecule has 0 amide bonds. The zero-order valence-corrected chi connectivity index (χ0v) is 12.4. The van der Waals surface area contributed by atoms with Gasteiger partial charge in [-0.25, -0.2) is 0 Å². The highest BCUT2D eigenvalue weighted by molar-refractivity contribution is 5.43. The number of nitrogens with one attached hydrogen (secondary N) is 1. The number of ether oxygens (including phenoxy) is 2. The van der Waals surface area contributed by atoms with Crippen LogP contribution in [0.25, 0.3) is 0 Å². The van der Waals surface area contributed by atoms with Gasteiger partial charge in [-0.05, 0) is 12.5 Å². The number of hydrogen-bond acceptors (Lipinski definition) is 6. The smallest absolute Gasteiger partial charge is 0.270 e. The van der Waals surface area contributed by atoms with Gasteiger partial charge in [0.15, 0.2) is 0 Å². The van der Waals surface area contributed by atoms with Crippen LogP contribution in [0.1, 0.15) is 18.9 Å². The molecule has 0 bridgehead atoms. The Morgan fingerprint density at radius 3 is 2.86 bits per heavy atom. The van der Waals surface area contributed by atoms with Crippen LogP contribution in [0, 0.1) is 10.1 Å². The van der Waals surface area contributed by atoms with E-state index >= 15 is 0 Å². The van der Waals surface area contributed by atoms with Crippen molar-refractivity contribution in [2.45, 2.75) is 26.0 Å². The van der Waals surface area contributed by atoms with E-state index in [9.17, 15) is 15.2 Å². The van der Waals surface area contributed by atoms with Gasteiger partial charge < -0.3 is 19.9 Å². The molecule has 0 fully saturated rings. The average Bonchev–Trinajstić information content (AvgIpc) is 2.49. The monoisotopic (exact) mass is 298 g/mol. The molecule has 2 N–H and O–H groups in total. The van der Waals surface area contributed by atoms with E-state index in [1.165, 1.54) is 12.1 Å². The number of hydrogen-bond donors (Lipinski definition) is 2. The van der Waals surface area contributed by atoms with Gasteiger partial charge >= 0.3 is 0 Å². The predicted molar refractivity (Wildman–Crippen MR) is 78.5 cm³/mol. The lowest BCUT2D eigenvalue weighted by Gasteiger charge is -2.14. The second-order valence-electron chi connectivity index (χ2n) is 4.59. The number of aliphatic hydroxyl groups is 1. The van der Waals surface area contributed by atoms with Crippen LogP contribution in [0.4, 0.5) is 5.69 Å². The molecule has 1 atom stereocenters. The maximum absolute atomic E-state index is 10.8. The zero-order chi connectivity index (χ0) is 15.7. The molecule has 0 aliphatic carbocycles. The summed E-state index contributed by atoms with van der Waals surface area (Å²) in [5, 5.41) is 23.5. The van der Waals surface area contributed by atoms with Crippen LogP contribution in [0.3, 0.4) is 0 Å². The van der Waals surface area contributed by atoms with Gasteiger partial charge in [0.1, 0.15) is 12.4 Å². The summed E-state index contributed by atoms with van der Waals surface area (Å²) in [6.07, 6.45) is 0.0449. The molecule has 0 radical (unpaired) electrons. The molecule has 1 rings (SSSR count). The molecule has 0 aromatic heterocycles. The van der Waals surface area contributed by atoms with Crippen molar-refractivity contribution in [3.63, 3.8) is 0 Å². The van der Waals surface area contributed by atoms with Gasteiger partial charge in [-0.3, -0.25) is 10.1 Å². The molecule has 0 heterocycles. The molecule has 1 unspecified atom stereocenters. The molecule has 118 valence electrons. The summed E-state index contributed by atoms with van der Waals surface area (Å²) < 4.78 is 10.5. The first-order valence-electron chi connectivity index (χ1n) is 6.86. The third kappa shape index (κ3) is 6.07. The SMILES string of the molecule is CCC(O)COc1ccc([N+](=O)[O-])cc1CNCCOC. The van der Waals surface area contributed by atoms with Crippen molar-refractivity contribution in [2.24, 2.45) is 0 Å². The molecule has 21 heavy (non-hydrogen) atoms. The first-order valence-corrected chi connectivity index (χ1v) is 6.86. The molecular formula is C14H22N2O5. The Morgan fingerprint density at radius 1 is 1.48 bits per heavy atom. The van der Waals surface area contributed by atoms with Gasteiger partial charge in [0, 0.05) is 37.9 Å². The Balaban J connectivity index is 2.76. The van der Waals surface area contributed by atoms with Crippen molar-refractivity contribution in [3.05, 3.63) is 33.9 Å². The number of aliphatic hydroxyl groups excluding tert-OH is 1. The van der Waals surface area contributed by atoms with Crippen molar-refractivity contribution >= 4 is 5.69 Å². The predicted octanol–water partition coefficient (Wildman–Crippen LogP) is 1.48. The molecule has 0 saturated carbocycles. The van der Waals surface area contributed by atoms with Crippen molar-refractivity contribution < 1.29 is 19.5 Å². The van der Waals surface area contributed by atoms with E-state index in [1.54, 1.807) is 13.2 Å². The maximum atomic E-state index is 10.8. The van der Waals surface area contributed by atoms with E-state index in [0.717, 1.165) is 0 Å². The molecule has 0 saturated heterocycles. The van der Waals surface area contributed by atoms with Crippen molar-refractivity contribution in [1.82, 2.24) is 5.32 Å². The van der Waals surface area contributed by atoms with Gasteiger partial charge in [-0.1, -0.05) is 6.92 Å². The summed E-state index contributed by atoms with van der Waals surface area (Å²) in [7, 11) is 1.61. The van der Waals surface area contributed by atoms with Crippen LogP contribution in [-0.2, 0) is 11.3 Å². The summed E-state index contributed by atoms with van der Waals surface area (Å²) in [5.74, 6) is 0.540. The Labute approximate surface area is 124 Å². The zero-order valence-electron chi connectivity index (χ0n) is 12.4. The Morgan fingerprint density at radius 2 is 2.24 bits per heavy atom. The van der Waals surface area contributed by atoms with Gasteiger partial charge in [0.25, 0.3) is 5.69 Å². The topological polar surface area (TPSA) is 93.9 Å². The van der Waals surface area contributed by atoms with Gasteiger partial charge in [0.2, 0.25) is 0 Å². The molecule has 1 aromatic rings. The molecular weight excluding hydrogens is 276 g/mol. The third-order valence-corrected chi connectivity index (χ3v) is 2.96. The van der Waals surface area contributed by atoms with E-state index in [2.05, 4.69) is 5.32 Å². The van der Waals surface area contributed by atoms with Crippen LogP contribution in [-0.4, -0.2) is 43.0 Å². The highest BCUT2D eigenvalue weighted by Crippen LogP contribution is 2.24. The van der Waals surface area contributed by atoms with Crippen LogP contribution in [0.2, 0.25) is 0 Å². The Hall–Kier alpha value is -1.70. The first kappa shape index (κ1) is 17.4. The van der Waals surface area contributed by atoms with E-state index in [4.69, 9.17) is 9.47 Å². The fourth-order valence-electron chi connectivity index (χ4n) is 1.66. The summed E-state index contributed by atoms with van der Waals surface area (Å²) in [4.78, 5) is 10.4. The number of rotatable bonds is 10. The number of nitro benzene ring substituents is 1. The lowest BCUT2D eigenvalue weighted by Crippen LogP contribution is -2.20. The standard InChI is InChI=1S/C14H22N2O5/c1-3-13(17)10-21-14-5-4-12(16(18)19)8-11(14)9-15-6-7-20-2/h4-5,8,13,15,17H,3,6-7,9-10H2,1-2H3. The van der Waals surface area contributed by atoms with Crippen molar-refractivity contribution in [2.75, 3.05) is 26.9 Å². The Kier molecular flexibility index (Phi) is 7.66. The summed E-state index contributed by atoms with van der Waals surface area (Å²) >= 11 is 0. The van der Waals surface area contributed by atoms with Gasteiger partial charge in [-0.2, -0.15) is 0 Å². The highest BCUT2D eigenvalue weighted by atomic mass is 16.6. The lowest BCUT2D eigenvalue weighted by atomic mass is 10.1. The van der Waals surface area contributed by atoms with Crippen LogP contribution < -0.4 is 10.1 Å². The summed E-state index contributed by atoms with van der Waals surface area (Å²) in [5.41, 5.74) is 0.700. The van der Waals surface area contributed by atoms with E-state index in [1.807, 2.05) is 6.92 Å². The van der Waals surface area contributed by atoms with Crippen molar-refractivity contribution in [3.8, 4) is 5.75 Å². The van der Waals surface area contributed by atoms with E-state index in [-0.39, 0.29) is 12.3 Å². The molecule has 0 aliphatic rings. The largest absolute Gasteiger partial charge is 0.491 e. The van der Waals surface area contributed by atoms with Gasteiger partial charge in [0.05, 0.1) is 17.6 Å². The van der Waals surface area contributed by atoms with Gasteiger partial charge in [-0.15, -0.1) is 0 Å². The summed E-state index contributed by atoms with van der Waals surface area (Å²) in [6, 6.07) is 4.44. The number of nitrogens with zero attached hydrogens (tertiary/aromatic N) is 1. The maximum Gasteiger partial charge on any atom is 0.270 e. The summed E-state index contributed by atoms with van der Waals surface area (Å²) in [6.45, 7) is 3.65.